The maximum Gasteiger partial charge on any atom is 0.119 e. The van der Waals surface area contributed by atoms with Crippen LogP contribution in [-0.4, -0.2) is 31.1 Å². The number of likely N-dealkylation sites (N-methyl/N-ethyl adjacent to an activating group) is 1. The Hall–Kier alpha value is -1.02. The first-order chi connectivity index (χ1) is 12.1. The zero-order valence-corrected chi connectivity index (χ0v) is 17.0. The molecular weight excluding hydrogens is 306 g/mol. The van der Waals surface area contributed by atoms with Crippen LogP contribution in [0.1, 0.15) is 70.9 Å². The standard InChI is InChI=1S/C23H37NO/c1-6-13-23(7-2)17(4)22(24(8-3)16-18-9-10-18)14-19-11-12-20(25-5)15-21(19)23/h11-12,15,17-18,22H,6-10,13-14,16H2,1-5H3/t17-,22?,23+/m0/s1. The molecule has 0 aliphatic heterocycles. The van der Waals surface area contributed by atoms with E-state index >= 15 is 0 Å². The highest BCUT2D eigenvalue weighted by Gasteiger charge is 2.46. The summed E-state index contributed by atoms with van der Waals surface area (Å²) in [5.74, 6) is 2.67. The Kier molecular flexibility index (Phi) is 5.78. The van der Waals surface area contributed by atoms with Crippen molar-refractivity contribution in [2.24, 2.45) is 11.8 Å². The Morgan fingerprint density at radius 1 is 1.20 bits per heavy atom. The Labute approximate surface area is 154 Å². The molecule has 3 atom stereocenters. The summed E-state index contributed by atoms with van der Waals surface area (Å²) < 4.78 is 5.58. The van der Waals surface area contributed by atoms with Gasteiger partial charge in [-0.05, 0) is 79.2 Å². The summed E-state index contributed by atoms with van der Waals surface area (Å²) >= 11 is 0. The second kappa shape index (κ2) is 7.70. The van der Waals surface area contributed by atoms with Gasteiger partial charge >= 0.3 is 0 Å². The molecule has 1 aromatic carbocycles. The van der Waals surface area contributed by atoms with Gasteiger partial charge in [0.05, 0.1) is 7.11 Å². The van der Waals surface area contributed by atoms with Crippen LogP contribution in [0.3, 0.4) is 0 Å². The molecule has 1 saturated carbocycles. The zero-order valence-electron chi connectivity index (χ0n) is 17.0. The van der Waals surface area contributed by atoms with Crippen molar-refractivity contribution in [3.63, 3.8) is 0 Å². The van der Waals surface area contributed by atoms with Gasteiger partial charge in [0.15, 0.2) is 0 Å². The smallest absolute Gasteiger partial charge is 0.119 e. The van der Waals surface area contributed by atoms with Crippen molar-refractivity contribution in [2.45, 2.75) is 77.7 Å². The molecule has 0 heterocycles. The molecule has 2 heteroatoms. The predicted molar refractivity (Wildman–Crippen MR) is 106 cm³/mol. The van der Waals surface area contributed by atoms with Crippen molar-refractivity contribution in [3.05, 3.63) is 29.3 Å². The van der Waals surface area contributed by atoms with Crippen molar-refractivity contribution in [2.75, 3.05) is 20.2 Å². The summed E-state index contributed by atoms with van der Waals surface area (Å²) in [5, 5.41) is 0. The maximum atomic E-state index is 5.58. The van der Waals surface area contributed by atoms with Crippen LogP contribution in [0.2, 0.25) is 0 Å². The number of hydrogen-bond donors (Lipinski definition) is 0. The van der Waals surface area contributed by atoms with E-state index in [0.717, 1.165) is 11.7 Å². The molecule has 0 amide bonds. The van der Waals surface area contributed by atoms with Crippen LogP contribution in [0.15, 0.2) is 18.2 Å². The molecule has 0 aromatic heterocycles. The van der Waals surface area contributed by atoms with Crippen molar-refractivity contribution >= 4 is 0 Å². The first-order valence-corrected chi connectivity index (χ1v) is 10.5. The SMILES string of the molecule is CCC[C@@]1(CC)c2cc(OC)ccc2CC(N(CC)CC2CC2)[C@@H]1C. The third kappa shape index (κ3) is 3.47. The van der Waals surface area contributed by atoms with Crippen LogP contribution >= 0.6 is 0 Å². The summed E-state index contributed by atoms with van der Waals surface area (Å²) in [6.45, 7) is 12.1. The molecule has 1 unspecified atom stereocenters. The number of ether oxygens (including phenoxy) is 1. The fourth-order valence-corrected chi connectivity index (χ4v) is 5.41. The Balaban J connectivity index is 2.01. The lowest BCUT2D eigenvalue weighted by Gasteiger charge is -2.51. The van der Waals surface area contributed by atoms with Gasteiger partial charge < -0.3 is 4.74 Å². The molecule has 0 radical (unpaired) electrons. The second-order valence-corrected chi connectivity index (χ2v) is 8.37. The van der Waals surface area contributed by atoms with Crippen LogP contribution in [0.4, 0.5) is 0 Å². The molecular formula is C23H37NO. The molecule has 25 heavy (non-hydrogen) atoms. The Morgan fingerprint density at radius 2 is 1.96 bits per heavy atom. The minimum atomic E-state index is 0.290. The highest BCUT2D eigenvalue weighted by Crippen LogP contribution is 2.49. The number of rotatable bonds is 8. The van der Waals surface area contributed by atoms with E-state index in [9.17, 15) is 0 Å². The quantitative estimate of drug-likeness (QED) is 0.623. The lowest BCUT2D eigenvalue weighted by Crippen LogP contribution is -2.53. The summed E-state index contributed by atoms with van der Waals surface area (Å²) in [6.07, 6.45) is 7.84. The van der Waals surface area contributed by atoms with E-state index in [1.807, 2.05) is 0 Å². The number of benzene rings is 1. The van der Waals surface area contributed by atoms with Crippen molar-refractivity contribution in [1.82, 2.24) is 4.90 Å². The first kappa shape index (κ1) is 18.8. The second-order valence-electron chi connectivity index (χ2n) is 8.37. The van der Waals surface area contributed by atoms with E-state index < -0.39 is 0 Å². The molecule has 1 fully saturated rings. The number of nitrogens with zero attached hydrogens (tertiary/aromatic N) is 1. The van der Waals surface area contributed by atoms with E-state index in [4.69, 9.17) is 4.74 Å². The van der Waals surface area contributed by atoms with E-state index in [0.29, 0.717) is 17.4 Å². The third-order valence-corrected chi connectivity index (χ3v) is 7.12. The van der Waals surface area contributed by atoms with Crippen LogP contribution in [0, 0.1) is 11.8 Å². The monoisotopic (exact) mass is 343 g/mol. The molecule has 2 nitrogen and oxygen atoms in total. The average molecular weight is 344 g/mol. The van der Waals surface area contributed by atoms with Crippen molar-refractivity contribution in [1.29, 1.82) is 0 Å². The molecule has 2 aliphatic carbocycles. The van der Waals surface area contributed by atoms with Gasteiger partial charge in [-0.3, -0.25) is 4.90 Å². The largest absolute Gasteiger partial charge is 0.497 e. The van der Waals surface area contributed by atoms with Crippen molar-refractivity contribution < 1.29 is 4.74 Å². The molecule has 1 aromatic rings. The van der Waals surface area contributed by atoms with Gasteiger partial charge in [0, 0.05) is 12.6 Å². The normalized spacial score (nSPS) is 28.9. The highest BCUT2D eigenvalue weighted by molar-refractivity contribution is 5.44. The molecule has 0 N–H and O–H groups in total. The Morgan fingerprint density at radius 3 is 2.52 bits per heavy atom. The van der Waals surface area contributed by atoms with Gasteiger partial charge in [0.2, 0.25) is 0 Å². The fraction of sp³-hybridized carbons (Fsp3) is 0.739. The van der Waals surface area contributed by atoms with E-state index in [1.54, 1.807) is 18.2 Å². The molecule has 3 rings (SSSR count). The Bertz CT molecular complexity index is 579. The van der Waals surface area contributed by atoms with Crippen molar-refractivity contribution in [3.8, 4) is 5.75 Å². The minimum absolute atomic E-state index is 0.290. The lowest BCUT2D eigenvalue weighted by molar-refractivity contribution is 0.0766. The molecule has 0 spiro atoms. The highest BCUT2D eigenvalue weighted by atomic mass is 16.5. The average Bonchev–Trinajstić information content (AvgIpc) is 3.46. The van der Waals surface area contributed by atoms with Gasteiger partial charge in [-0.25, -0.2) is 0 Å². The van der Waals surface area contributed by atoms with Crippen LogP contribution in [-0.2, 0) is 11.8 Å². The molecule has 2 aliphatic rings. The van der Waals surface area contributed by atoms with E-state index in [-0.39, 0.29) is 0 Å². The third-order valence-electron chi connectivity index (χ3n) is 7.12. The number of hydrogen-bond acceptors (Lipinski definition) is 2. The number of methoxy groups -OCH3 is 1. The van der Waals surface area contributed by atoms with Gasteiger partial charge in [-0.2, -0.15) is 0 Å². The van der Waals surface area contributed by atoms with Gasteiger partial charge in [-0.1, -0.05) is 40.2 Å². The fourth-order valence-electron chi connectivity index (χ4n) is 5.41. The molecule has 0 saturated heterocycles. The predicted octanol–water partition coefficient (Wildman–Crippen LogP) is 5.44. The summed E-state index contributed by atoms with van der Waals surface area (Å²) in [6, 6.07) is 7.53. The molecule has 140 valence electrons. The van der Waals surface area contributed by atoms with E-state index in [2.05, 4.69) is 50.8 Å². The summed E-state index contributed by atoms with van der Waals surface area (Å²) in [5.41, 5.74) is 3.43. The summed E-state index contributed by atoms with van der Waals surface area (Å²) in [7, 11) is 1.79. The van der Waals surface area contributed by atoms with Crippen LogP contribution < -0.4 is 4.74 Å². The van der Waals surface area contributed by atoms with Crippen LogP contribution in [0.25, 0.3) is 0 Å². The topological polar surface area (TPSA) is 12.5 Å². The van der Waals surface area contributed by atoms with Gasteiger partial charge in [0.25, 0.3) is 0 Å². The van der Waals surface area contributed by atoms with Gasteiger partial charge in [0.1, 0.15) is 5.75 Å². The van der Waals surface area contributed by atoms with Crippen LogP contribution in [0.5, 0.6) is 5.75 Å². The maximum absolute atomic E-state index is 5.58. The first-order valence-electron chi connectivity index (χ1n) is 10.5. The zero-order chi connectivity index (χ0) is 18.0. The van der Waals surface area contributed by atoms with E-state index in [1.165, 1.54) is 51.6 Å². The summed E-state index contributed by atoms with van der Waals surface area (Å²) in [4.78, 5) is 2.80. The minimum Gasteiger partial charge on any atom is -0.497 e. The van der Waals surface area contributed by atoms with Gasteiger partial charge in [-0.15, -0.1) is 0 Å². The number of fused-ring (bicyclic) bond motifs is 1. The molecule has 0 bridgehead atoms. The lowest BCUT2D eigenvalue weighted by atomic mass is 9.58.